The fourth-order valence-corrected chi connectivity index (χ4v) is 6.75. The normalized spacial score (nSPS) is 19.5. The van der Waals surface area contributed by atoms with Gasteiger partial charge in [0.25, 0.3) is 5.91 Å². The number of amides is 3. The predicted molar refractivity (Wildman–Crippen MR) is 168 cm³/mol. The van der Waals surface area contributed by atoms with Crippen molar-refractivity contribution in [1.82, 2.24) is 15.7 Å². The highest BCUT2D eigenvalue weighted by Crippen LogP contribution is 2.32. The number of carbonyl (C=O) groups excluding carboxylic acids is 3. The number of carbonyl (C=O) groups is 3. The van der Waals surface area contributed by atoms with Crippen LogP contribution in [0, 0.1) is 25.7 Å². The van der Waals surface area contributed by atoms with E-state index in [1.54, 1.807) is 0 Å². The van der Waals surface area contributed by atoms with Crippen molar-refractivity contribution in [3.63, 3.8) is 0 Å². The topological polar surface area (TPSA) is 108 Å². The van der Waals surface area contributed by atoms with Gasteiger partial charge >= 0.3 is 6.09 Å². The third-order valence-corrected chi connectivity index (χ3v) is 9.42. The fraction of sp³-hybridized carbons (Fsp3) is 0.559. The van der Waals surface area contributed by atoms with Gasteiger partial charge in [0.15, 0.2) is 6.10 Å². The van der Waals surface area contributed by atoms with Crippen LogP contribution in [0.4, 0.5) is 4.79 Å². The fourth-order valence-electron chi connectivity index (χ4n) is 6.56. The minimum Gasteiger partial charge on any atom is -0.436 e. The zero-order valence-electron chi connectivity index (χ0n) is 25.8. The van der Waals surface area contributed by atoms with Gasteiger partial charge in [0.05, 0.1) is 0 Å². The molecule has 1 saturated carbocycles. The second kappa shape index (κ2) is 15.1. The first-order chi connectivity index (χ1) is 20.5. The molecule has 1 unspecified atom stereocenters. The summed E-state index contributed by atoms with van der Waals surface area (Å²) in [6, 6.07) is 11.7. The molecule has 2 aliphatic rings. The summed E-state index contributed by atoms with van der Waals surface area (Å²) in [7, 11) is 0. The van der Waals surface area contributed by atoms with Crippen LogP contribution in [0.15, 0.2) is 36.4 Å². The molecule has 43 heavy (non-hydrogen) atoms. The first-order valence-corrected chi connectivity index (χ1v) is 16.0. The van der Waals surface area contributed by atoms with E-state index in [1.165, 1.54) is 12.0 Å². The van der Waals surface area contributed by atoms with Crippen LogP contribution in [0.3, 0.4) is 0 Å². The number of nitrogens with zero attached hydrogens (tertiary/aromatic N) is 1. The van der Waals surface area contributed by atoms with Crippen LogP contribution in [0.25, 0.3) is 11.1 Å². The minimum atomic E-state index is -0.907. The average Bonchev–Trinajstić information content (AvgIpc) is 3.29. The van der Waals surface area contributed by atoms with Crippen LogP contribution in [0.1, 0.15) is 87.8 Å². The molecular formula is C34H46ClN3O5. The lowest BCUT2D eigenvalue weighted by Gasteiger charge is -2.27. The number of halogens is 1. The molecule has 3 N–H and O–H groups in total. The Morgan fingerprint density at radius 2 is 1.79 bits per heavy atom. The van der Waals surface area contributed by atoms with Gasteiger partial charge in [0, 0.05) is 30.1 Å². The van der Waals surface area contributed by atoms with Crippen LogP contribution in [0.2, 0.25) is 5.02 Å². The van der Waals surface area contributed by atoms with E-state index in [1.807, 2.05) is 31.2 Å². The van der Waals surface area contributed by atoms with Gasteiger partial charge < -0.3 is 15.4 Å². The van der Waals surface area contributed by atoms with Crippen molar-refractivity contribution in [3.05, 3.63) is 58.1 Å². The number of benzene rings is 2. The average molecular weight is 612 g/mol. The van der Waals surface area contributed by atoms with Crippen molar-refractivity contribution in [2.75, 3.05) is 13.1 Å². The summed E-state index contributed by atoms with van der Waals surface area (Å²) in [6.07, 6.45) is 5.43. The monoisotopic (exact) mass is 611 g/mol. The predicted octanol–water partition coefficient (Wildman–Crippen LogP) is 6.93. The maximum Gasteiger partial charge on any atom is 0.407 e. The first-order valence-electron chi connectivity index (χ1n) is 15.6. The summed E-state index contributed by atoms with van der Waals surface area (Å²) in [5.41, 5.74) is 5.65. The molecule has 1 saturated heterocycles. The molecule has 0 aromatic heterocycles. The molecule has 4 atom stereocenters. The first kappa shape index (κ1) is 32.8. The molecule has 9 heteroatoms. The van der Waals surface area contributed by atoms with Crippen LogP contribution in [-0.4, -0.2) is 53.4 Å². The standard InChI is InChI=1S/C34H46ClN3O5/c1-21(29-13-14-30(24(4)23(29)3)26-11-8-12-28(35)19-26)20-36-34(41)43-31(18-25-9-6-5-7-10-25)32(39)37-22(2)17-27-15-16-38(42)33(27)40/h8,11-14,19,21-22,25,27,31,42H,5-7,9-10,15-18,20H2,1-4H3,(H,36,41)(H,37,39)/t21?,22-,27-,31-/m0/s1. The Balaban J connectivity index is 1.36. The van der Waals surface area contributed by atoms with Gasteiger partial charge in [-0.3, -0.25) is 14.8 Å². The van der Waals surface area contributed by atoms with Gasteiger partial charge in [0.2, 0.25) is 5.91 Å². The number of ether oxygens (including phenoxy) is 1. The summed E-state index contributed by atoms with van der Waals surface area (Å²) in [6.45, 7) is 8.77. The zero-order chi connectivity index (χ0) is 31.1. The van der Waals surface area contributed by atoms with Gasteiger partial charge in [-0.25, -0.2) is 9.86 Å². The van der Waals surface area contributed by atoms with E-state index in [0.29, 0.717) is 43.3 Å². The quantitative estimate of drug-likeness (QED) is 0.239. The molecule has 4 rings (SSSR count). The van der Waals surface area contributed by atoms with Crippen LogP contribution in [-0.2, 0) is 14.3 Å². The number of rotatable bonds is 11. The van der Waals surface area contributed by atoms with E-state index < -0.39 is 12.2 Å². The third kappa shape index (κ3) is 8.73. The maximum atomic E-state index is 13.3. The van der Waals surface area contributed by atoms with Crippen molar-refractivity contribution >= 4 is 29.5 Å². The van der Waals surface area contributed by atoms with Gasteiger partial charge in [-0.05, 0) is 91.8 Å². The molecule has 234 valence electrons. The molecule has 0 spiro atoms. The third-order valence-electron chi connectivity index (χ3n) is 9.18. The number of nitrogens with one attached hydrogen (secondary N) is 2. The summed E-state index contributed by atoms with van der Waals surface area (Å²) in [5, 5.41) is 16.9. The Labute approximate surface area is 260 Å². The molecular weight excluding hydrogens is 566 g/mol. The number of hydrogen-bond acceptors (Lipinski definition) is 5. The van der Waals surface area contributed by atoms with E-state index in [0.717, 1.165) is 53.0 Å². The molecule has 2 fully saturated rings. The van der Waals surface area contributed by atoms with Gasteiger partial charge in [0.1, 0.15) is 0 Å². The van der Waals surface area contributed by atoms with Gasteiger partial charge in [-0.2, -0.15) is 0 Å². The molecule has 8 nitrogen and oxygen atoms in total. The van der Waals surface area contributed by atoms with Crippen molar-refractivity contribution in [1.29, 1.82) is 0 Å². The lowest BCUT2D eigenvalue weighted by Crippen LogP contribution is -2.45. The van der Waals surface area contributed by atoms with Crippen LogP contribution >= 0.6 is 11.6 Å². The van der Waals surface area contributed by atoms with Gasteiger partial charge in [-0.1, -0.05) is 74.9 Å². The second-order valence-electron chi connectivity index (χ2n) is 12.5. The Morgan fingerprint density at radius 1 is 1.05 bits per heavy atom. The molecule has 2 aromatic carbocycles. The summed E-state index contributed by atoms with van der Waals surface area (Å²) >= 11 is 6.22. The van der Waals surface area contributed by atoms with Crippen molar-refractivity contribution < 1.29 is 24.3 Å². The maximum absolute atomic E-state index is 13.3. The molecule has 1 aliphatic heterocycles. The highest BCUT2D eigenvalue weighted by Gasteiger charge is 2.34. The zero-order valence-corrected chi connectivity index (χ0v) is 26.6. The lowest BCUT2D eigenvalue weighted by atomic mass is 9.85. The van der Waals surface area contributed by atoms with Gasteiger partial charge in [-0.15, -0.1) is 0 Å². The van der Waals surface area contributed by atoms with E-state index in [9.17, 15) is 19.6 Å². The molecule has 1 heterocycles. The summed E-state index contributed by atoms with van der Waals surface area (Å²) in [4.78, 5) is 38.4. The number of hydrogen-bond donors (Lipinski definition) is 3. The number of hydroxylamine groups is 2. The highest BCUT2D eigenvalue weighted by atomic mass is 35.5. The minimum absolute atomic E-state index is 0.0281. The summed E-state index contributed by atoms with van der Waals surface area (Å²) in [5.74, 6) is -0.617. The van der Waals surface area contributed by atoms with Crippen molar-refractivity contribution in [2.45, 2.75) is 97.1 Å². The Kier molecular flexibility index (Phi) is 11.5. The second-order valence-corrected chi connectivity index (χ2v) is 12.9. The molecule has 2 aromatic rings. The van der Waals surface area contributed by atoms with Crippen LogP contribution < -0.4 is 10.6 Å². The molecule has 0 radical (unpaired) electrons. The Hall–Kier alpha value is -3.10. The van der Waals surface area contributed by atoms with E-state index in [-0.39, 0.29) is 29.7 Å². The van der Waals surface area contributed by atoms with E-state index in [2.05, 4.69) is 43.5 Å². The SMILES string of the molecule is Cc1c(-c2cccc(Cl)c2)ccc(C(C)CNC(=O)O[C@@H](CC2CCCCC2)C(=O)N[C@@H](C)C[C@@H]2CCN(O)C2=O)c1C. The van der Waals surface area contributed by atoms with E-state index >= 15 is 0 Å². The smallest absolute Gasteiger partial charge is 0.407 e. The molecule has 0 bridgehead atoms. The van der Waals surface area contributed by atoms with E-state index in [4.69, 9.17) is 16.3 Å². The lowest BCUT2D eigenvalue weighted by molar-refractivity contribution is -0.160. The van der Waals surface area contributed by atoms with Crippen molar-refractivity contribution in [2.24, 2.45) is 11.8 Å². The van der Waals surface area contributed by atoms with Crippen molar-refractivity contribution in [3.8, 4) is 11.1 Å². The number of alkyl carbamates (subject to hydrolysis) is 1. The highest BCUT2D eigenvalue weighted by molar-refractivity contribution is 6.30. The molecule has 3 amide bonds. The Morgan fingerprint density at radius 3 is 2.47 bits per heavy atom. The Bertz CT molecular complexity index is 1290. The summed E-state index contributed by atoms with van der Waals surface area (Å²) < 4.78 is 5.76. The molecule has 1 aliphatic carbocycles. The largest absolute Gasteiger partial charge is 0.436 e. The van der Waals surface area contributed by atoms with Crippen LogP contribution in [0.5, 0.6) is 0 Å².